The summed E-state index contributed by atoms with van der Waals surface area (Å²) < 4.78 is 5.21. The van der Waals surface area contributed by atoms with Crippen molar-refractivity contribution >= 4 is 41.8 Å². The summed E-state index contributed by atoms with van der Waals surface area (Å²) in [4.78, 5) is 33.2. The maximum atomic E-state index is 12.9. The molecule has 0 bridgehead atoms. The predicted octanol–water partition coefficient (Wildman–Crippen LogP) is 2.62. The van der Waals surface area contributed by atoms with Gasteiger partial charge in [-0.15, -0.1) is 24.0 Å². The van der Waals surface area contributed by atoms with Gasteiger partial charge in [-0.1, -0.05) is 31.4 Å². The summed E-state index contributed by atoms with van der Waals surface area (Å²) in [6.07, 6.45) is 6.50. The second-order valence-electron chi connectivity index (χ2n) is 8.90. The van der Waals surface area contributed by atoms with E-state index in [1.807, 2.05) is 29.2 Å². The molecule has 1 unspecified atom stereocenters. The number of carbonyl (C=O) groups is 2. The van der Waals surface area contributed by atoms with E-state index < -0.39 is 0 Å². The van der Waals surface area contributed by atoms with E-state index in [2.05, 4.69) is 15.6 Å². The Morgan fingerprint density at radius 1 is 1.12 bits per heavy atom. The molecule has 1 heterocycles. The molecule has 0 aromatic heterocycles. The van der Waals surface area contributed by atoms with Crippen LogP contribution in [0.5, 0.6) is 5.75 Å². The van der Waals surface area contributed by atoms with Crippen LogP contribution in [-0.2, 0) is 16.1 Å². The Morgan fingerprint density at radius 3 is 2.45 bits per heavy atom. The number of methoxy groups -OCH3 is 1. The molecule has 1 aromatic carbocycles. The molecule has 184 valence electrons. The molecule has 2 fully saturated rings. The summed E-state index contributed by atoms with van der Waals surface area (Å²) in [5, 5.41) is 6.59. The van der Waals surface area contributed by atoms with E-state index in [9.17, 15) is 9.59 Å². The molecular formula is C24H38IN5O3. The van der Waals surface area contributed by atoms with Crippen molar-refractivity contribution < 1.29 is 14.3 Å². The van der Waals surface area contributed by atoms with Gasteiger partial charge < -0.3 is 25.2 Å². The molecule has 0 spiro atoms. The number of rotatable bonds is 7. The number of benzene rings is 1. The lowest BCUT2D eigenvalue weighted by molar-refractivity contribution is -0.135. The lowest BCUT2D eigenvalue weighted by Crippen LogP contribution is -2.48. The third kappa shape index (κ3) is 8.35. The first-order valence-corrected chi connectivity index (χ1v) is 11.6. The molecule has 1 saturated carbocycles. The largest absolute Gasteiger partial charge is 0.497 e. The van der Waals surface area contributed by atoms with Crippen LogP contribution in [0.2, 0.25) is 0 Å². The van der Waals surface area contributed by atoms with Gasteiger partial charge in [0, 0.05) is 39.1 Å². The van der Waals surface area contributed by atoms with Crippen LogP contribution in [0.15, 0.2) is 29.3 Å². The monoisotopic (exact) mass is 571 g/mol. The van der Waals surface area contributed by atoms with Crippen LogP contribution < -0.4 is 15.4 Å². The fraction of sp³-hybridized carbons (Fsp3) is 0.625. The first-order valence-electron chi connectivity index (χ1n) is 11.6. The van der Waals surface area contributed by atoms with Crippen LogP contribution in [0, 0.1) is 5.92 Å². The standard InChI is InChI=1S/C24H37N5O3.HI/c1-28(2)22(30)16-26-24(25-15-18-9-11-21(32-3)12-10-18)27-20-13-14-29(17-20)23(31)19-7-5-4-6-8-19;/h9-12,19-20H,4-8,13-17H2,1-3H3,(H2,25,26,27);1H. The second kappa shape index (κ2) is 13.6. The minimum atomic E-state index is -0.0236. The SMILES string of the molecule is COc1ccc(CN=C(NCC(=O)N(C)C)NC2CCN(C(=O)C3CCCCC3)C2)cc1.I. The Kier molecular flexibility index (Phi) is 11.2. The number of ether oxygens (including phenoxy) is 1. The number of likely N-dealkylation sites (N-methyl/N-ethyl adjacent to an activating group) is 1. The van der Waals surface area contributed by atoms with Crippen LogP contribution in [0.4, 0.5) is 0 Å². The summed E-state index contributed by atoms with van der Waals surface area (Å²) in [7, 11) is 5.11. The van der Waals surface area contributed by atoms with Crippen molar-refractivity contribution in [2.75, 3.05) is 40.8 Å². The Bertz CT molecular complexity index is 794. The molecule has 0 radical (unpaired) electrons. The van der Waals surface area contributed by atoms with Gasteiger partial charge in [-0.2, -0.15) is 0 Å². The van der Waals surface area contributed by atoms with Gasteiger partial charge in [-0.25, -0.2) is 4.99 Å². The zero-order valence-corrected chi connectivity index (χ0v) is 22.3. The lowest BCUT2D eigenvalue weighted by Gasteiger charge is -2.26. The molecule has 9 heteroatoms. The molecule has 1 aliphatic heterocycles. The summed E-state index contributed by atoms with van der Waals surface area (Å²) >= 11 is 0. The number of hydrogen-bond acceptors (Lipinski definition) is 4. The van der Waals surface area contributed by atoms with Crippen LogP contribution >= 0.6 is 24.0 Å². The van der Waals surface area contributed by atoms with E-state index in [1.165, 1.54) is 6.42 Å². The predicted molar refractivity (Wildman–Crippen MR) is 141 cm³/mol. The second-order valence-corrected chi connectivity index (χ2v) is 8.90. The van der Waals surface area contributed by atoms with Gasteiger partial charge in [0.2, 0.25) is 11.8 Å². The number of guanidine groups is 1. The Morgan fingerprint density at radius 2 is 1.82 bits per heavy atom. The number of nitrogens with zero attached hydrogens (tertiary/aromatic N) is 3. The summed E-state index contributed by atoms with van der Waals surface area (Å²) in [6.45, 7) is 2.10. The average Bonchev–Trinajstić information content (AvgIpc) is 3.29. The number of likely N-dealkylation sites (tertiary alicyclic amines) is 1. The maximum absolute atomic E-state index is 12.9. The van der Waals surface area contributed by atoms with Crippen molar-refractivity contribution in [3.63, 3.8) is 0 Å². The van der Waals surface area contributed by atoms with Gasteiger partial charge in [-0.05, 0) is 37.0 Å². The Hall–Kier alpha value is -2.04. The highest BCUT2D eigenvalue weighted by molar-refractivity contribution is 14.0. The van der Waals surface area contributed by atoms with Crippen molar-refractivity contribution in [3.05, 3.63) is 29.8 Å². The third-order valence-corrected chi connectivity index (χ3v) is 6.28. The minimum absolute atomic E-state index is 0. The highest BCUT2D eigenvalue weighted by Gasteiger charge is 2.31. The van der Waals surface area contributed by atoms with Crippen LogP contribution in [0.3, 0.4) is 0 Å². The molecule has 1 aliphatic carbocycles. The van der Waals surface area contributed by atoms with Crippen molar-refractivity contribution in [1.29, 1.82) is 0 Å². The fourth-order valence-corrected chi connectivity index (χ4v) is 4.25. The van der Waals surface area contributed by atoms with E-state index in [1.54, 1.807) is 26.1 Å². The number of aliphatic imine (C=N–C) groups is 1. The number of carbonyl (C=O) groups excluding carboxylic acids is 2. The van der Waals surface area contributed by atoms with E-state index in [-0.39, 0.29) is 48.4 Å². The van der Waals surface area contributed by atoms with Crippen LogP contribution in [0.1, 0.15) is 44.1 Å². The molecule has 2 amide bonds. The topological polar surface area (TPSA) is 86.3 Å². The first-order chi connectivity index (χ1) is 15.5. The van der Waals surface area contributed by atoms with Crippen molar-refractivity contribution in [3.8, 4) is 5.75 Å². The van der Waals surface area contributed by atoms with E-state index in [0.717, 1.165) is 50.0 Å². The third-order valence-electron chi connectivity index (χ3n) is 6.28. The van der Waals surface area contributed by atoms with Gasteiger partial charge in [0.15, 0.2) is 5.96 Å². The van der Waals surface area contributed by atoms with Gasteiger partial charge in [0.05, 0.1) is 20.2 Å². The van der Waals surface area contributed by atoms with Crippen LogP contribution in [-0.4, -0.2) is 74.5 Å². The highest BCUT2D eigenvalue weighted by atomic mass is 127. The van der Waals surface area contributed by atoms with Crippen molar-refractivity contribution in [2.45, 2.75) is 51.1 Å². The molecular weight excluding hydrogens is 533 g/mol. The summed E-state index contributed by atoms with van der Waals surface area (Å²) in [5.74, 6) is 1.87. The first kappa shape index (κ1) is 27.2. The minimum Gasteiger partial charge on any atom is -0.497 e. The highest BCUT2D eigenvalue weighted by Crippen LogP contribution is 2.26. The summed E-state index contributed by atoms with van der Waals surface area (Å²) in [5.41, 5.74) is 1.05. The average molecular weight is 572 g/mol. The molecule has 3 rings (SSSR count). The molecule has 8 nitrogen and oxygen atoms in total. The fourth-order valence-electron chi connectivity index (χ4n) is 4.25. The molecule has 1 saturated heterocycles. The number of amides is 2. The van der Waals surface area contributed by atoms with Crippen molar-refractivity contribution in [1.82, 2.24) is 20.4 Å². The number of nitrogens with one attached hydrogen (secondary N) is 2. The Labute approximate surface area is 214 Å². The van der Waals surface area contributed by atoms with Crippen molar-refractivity contribution in [2.24, 2.45) is 10.9 Å². The van der Waals surface area contributed by atoms with Crippen LogP contribution in [0.25, 0.3) is 0 Å². The summed E-state index contributed by atoms with van der Waals surface area (Å²) in [6, 6.07) is 7.90. The lowest BCUT2D eigenvalue weighted by atomic mass is 9.88. The zero-order valence-electron chi connectivity index (χ0n) is 20.0. The zero-order chi connectivity index (χ0) is 22.9. The quantitative estimate of drug-likeness (QED) is 0.299. The van der Waals surface area contributed by atoms with Gasteiger partial charge >= 0.3 is 0 Å². The molecule has 2 N–H and O–H groups in total. The van der Waals surface area contributed by atoms with Gasteiger partial charge in [0.25, 0.3) is 0 Å². The normalized spacial score (nSPS) is 18.9. The van der Waals surface area contributed by atoms with E-state index in [0.29, 0.717) is 25.0 Å². The number of hydrogen-bond donors (Lipinski definition) is 2. The van der Waals surface area contributed by atoms with Gasteiger partial charge in [-0.3, -0.25) is 9.59 Å². The molecule has 2 aliphatic rings. The molecule has 1 atom stereocenters. The number of halogens is 1. The molecule has 1 aromatic rings. The molecule has 33 heavy (non-hydrogen) atoms. The van der Waals surface area contributed by atoms with E-state index in [4.69, 9.17) is 4.74 Å². The Balaban J connectivity index is 0.00000385. The maximum Gasteiger partial charge on any atom is 0.241 e. The smallest absolute Gasteiger partial charge is 0.241 e. The van der Waals surface area contributed by atoms with Gasteiger partial charge in [0.1, 0.15) is 5.75 Å². The van der Waals surface area contributed by atoms with E-state index >= 15 is 0 Å².